The largest absolute Gasteiger partial charge is 0.462 e. The number of esters is 1. The maximum atomic E-state index is 11.2. The van der Waals surface area contributed by atoms with Crippen molar-refractivity contribution in [2.45, 2.75) is 38.8 Å². The third-order valence-electron chi connectivity index (χ3n) is 1.46. The van der Waals surface area contributed by atoms with Crippen LogP contribution in [0.1, 0.15) is 27.7 Å². The van der Waals surface area contributed by atoms with E-state index in [9.17, 15) is 4.79 Å². The highest BCUT2D eigenvalue weighted by Crippen LogP contribution is 2.00. The molecule has 0 aliphatic carbocycles. The Morgan fingerprint density at radius 2 is 1.67 bits per heavy atom. The number of nitrogens with two attached hydrogens (primary N) is 2. The smallest absolute Gasteiger partial charge is 0.325 e. The second-order valence-electron chi connectivity index (χ2n) is 4.90. The van der Waals surface area contributed by atoms with Gasteiger partial charge < -0.3 is 20.9 Å². The van der Waals surface area contributed by atoms with Gasteiger partial charge in [0.25, 0.3) is 0 Å². The van der Waals surface area contributed by atoms with Crippen LogP contribution in [0.2, 0.25) is 0 Å². The Hall–Kier alpha value is -0.650. The molecule has 0 bridgehead atoms. The maximum Gasteiger partial charge on any atom is 0.325 e. The van der Waals surface area contributed by atoms with E-state index in [2.05, 4.69) is 0 Å². The SMILES string of the molecule is CC(C)(N)COCCOC(=O)C(C)(C)N. The first-order chi connectivity index (χ1) is 6.63. The average molecular weight is 218 g/mol. The number of carbonyl (C=O) groups is 1. The summed E-state index contributed by atoms with van der Waals surface area (Å²) in [6.07, 6.45) is 0. The summed E-state index contributed by atoms with van der Waals surface area (Å²) in [6.45, 7) is 7.89. The molecule has 0 aliphatic rings. The summed E-state index contributed by atoms with van der Waals surface area (Å²) in [5.74, 6) is -0.432. The van der Waals surface area contributed by atoms with Crippen molar-refractivity contribution >= 4 is 5.97 Å². The van der Waals surface area contributed by atoms with Crippen LogP contribution in [0.5, 0.6) is 0 Å². The van der Waals surface area contributed by atoms with E-state index < -0.39 is 11.5 Å². The molecule has 0 saturated carbocycles. The summed E-state index contributed by atoms with van der Waals surface area (Å²) in [5.41, 5.74) is 9.91. The number of rotatable bonds is 6. The van der Waals surface area contributed by atoms with Crippen molar-refractivity contribution in [2.24, 2.45) is 11.5 Å². The molecule has 15 heavy (non-hydrogen) atoms. The third kappa shape index (κ3) is 8.35. The highest BCUT2D eigenvalue weighted by atomic mass is 16.6. The molecule has 5 nitrogen and oxygen atoms in total. The molecule has 0 saturated heterocycles. The Labute approximate surface area is 91.1 Å². The molecule has 0 spiro atoms. The van der Waals surface area contributed by atoms with Crippen molar-refractivity contribution in [3.8, 4) is 0 Å². The van der Waals surface area contributed by atoms with Crippen LogP contribution >= 0.6 is 0 Å². The van der Waals surface area contributed by atoms with Gasteiger partial charge in [0.1, 0.15) is 12.1 Å². The van der Waals surface area contributed by atoms with E-state index in [-0.39, 0.29) is 12.1 Å². The van der Waals surface area contributed by atoms with Gasteiger partial charge in [0, 0.05) is 5.54 Å². The van der Waals surface area contributed by atoms with Crippen LogP contribution in [0.4, 0.5) is 0 Å². The predicted octanol–water partition coefficient (Wildman–Crippen LogP) is 0.0208. The molecule has 0 aromatic heterocycles. The summed E-state index contributed by atoms with van der Waals surface area (Å²) in [7, 11) is 0. The monoisotopic (exact) mass is 218 g/mol. The molecule has 0 aromatic carbocycles. The quantitative estimate of drug-likeness (QED) is 0.485. The summed E-state index contributed by atoms with van der Waals surface area (Å²) < 4.78 is 10.1. The fourth-order valence-corrected chi connectivity index (χ4v) is 0.715. The van der Waals surface area contributed by atoms with Crippen LogP contribution in [-0.4, -0.2) is 36.9 Å². The highest BCUT2D eigenvalue weighted by Gasteiger charge is 2.23. The lowest BCUT2D eigenvalue weighted by Gasteiger charge is -2.19. The second-order valence-corrected chi connectivity index (χ2v) is 4.90. The van der Waals surface area contributed by atoms with Gasteiger partial charge in [-0.2, -0.15) is 0 Å². The highest BCUT2D eigenvalue weighted by molar-refractivity contribution is 5.79. The van der Waals surface area contributed by atoms with Crippen LogP contribution in [0, 0.1) is 0 Å². The van der Waals surface area contributed by atoms with E-state index in [0.29, 0.717) is 13.2 Å². The molecule has 0 atom stereocenters. The minimum absolute atomic E-state index is 0.204. The van der Waals surface area contributed by atoms with Gasteiger partial charge in [0.05, 0.1) is 13.2 Å². The summed E-state index contributed by atoms with van der Waals surface area (Å²) in [5, 5.41) is 0. The third-order valence-corrected chi connectivity index (χ3v) is 1.46. The first-order valence-corrected chi connectivity index (χ1v) is 4.96. The van der Waals surface area contributed by atoms with Crippen molar-refractivity contribution in [2.75, 3.05) is 19.8 Å². The second kappa shape index (κ2) is 5.44. The molecule has 0 unspecified atom stereocenters. The molecule has 5 heteroatoms. The van der Waals surface area contributed by atoms with Crippen molar-refractivity contribution in [3.05, 3.63) is 0 Å². The zero-order chi connectivity index (χ0) is 12.1. The summed E-state index contributed by atoms with van der Waals surface area (Å²) >= 11 is 0. The first-order valence-electron chi connectivity index (χ1n) is 4.96. The van der Waals surface area contributed by atoms with Crippen LogP contribution in [0.25, 0.3) is 0 Å². The van der Waals surface area contributed by atoms with E-state index in [1.54, 1.807) is 13.8 Å². The zero-order valence-electron chi connectivity index (χ0n) is 10.0. The minimum atomic E-state index is -0.951. The van der Waals surface area contributed by atoms with Gasteiger partial charge >= 0.3 is 5.97 Å². The standard InChI is InChI=1S/C10H22N2O3/c1-9(2,11)7-14-5-6-15-8(13)10(3,4)12/h5-7,11-12H2,1-4H3. The number of carbonyl (C=O) groups excluding carboxylic acids is 1. The zero-order valence-corrected chi connectivity index (χ0v) is 10.0. The molecule has 90 valence electrons. The lowest BCUT2D eigenvalue weighted by molar-refractivity contribution is -0.150. The molecule has 0 aromatic rings. The molecule has 0 radical (unpaired) electrons. The van der Waals surface area contributed by atoms with Crippen molar-refractivity contribution in [1.29, 1.82) is 0 Å². The van der Waals surface area contributed by atoms with Crippen LogP contribution < -0.4 is 11.5 Å². The van der Waals surface area contributed by atoms with Crippen LogP contribution in [0.3, 0.4) is 0 Å². The summed E-state index contributed by atoms with van der Waals surface area (Å²) in [6, 6.07) is 0. The van der Waals surface area contributed by atoms with Crippen molar-refractivity contribution in [3.63, 3.8) is 0 Å². The number of hydrogen-bond acceptors (Lipinski definition) is 5. The molecule has 0 rings (SSSR count). The molecular weight excluding hydrogens is 196 g/mol. The molecule has 0 fully saturated rings. The lowest BCUT2D eigenvalue weighted by atomic mass is 10.1. The van der Waals surface area contributed by atoms with E-state index in [1.165, 1.54) is 0 Å². The van der Waals surface area contributed by atoms with Crippen LogP contribution in [0.15, 0.2) is 0 Å². The Bertz CT molecular complexity index is 204. The maximum absolute atomic E-state index is 11.2. The van der Waals surface area contributed by atoms with Crippen molar-refractivity contribution in [1.82, 2.24) is 0 Å². The average Bonchev–Trinajstić information content (AvgIpc) is 1.99. The molecule has 0 amide bonds. The fraction of sp³-hybridized carbons (Fsp3) is 0.900. The number of ether oxygens (including phenoxy) is 2. The van der Waals surface area contributed by atoms with E-state index in [1.807, 2.05) is 13.8 Å². The van der Waals surface area contributed by atoms with Crippen LogP contribution in [-0.2, 0) is 14.3 Å². The van der Waals surface area contributed by atoms with Gasteiger partial charge in [-0.15, -0.1) is 0 Å². The Kier molecular flexibility index (Phi) is 5.20. The fourth-order valence-electron chi connectivity index (χ4n) is 0.715. The minimum Gasteiger partial charge on any atom is -0.462 e. The molecule has 0 aliphatic heterocycles. The summed E-state index contributed by atoms with van der Waals surface area (Å²) in [4.78, 5) is 11.2. The molecule has 4 N–H and O–H groups in total. The van der Waals surface area contributed by atoms with Gasteiger partial charge in [0.2, 0.25) is 0 Å². The first kappa shape index (κ1) is 14.3. The van der Waals surface area contributed by atoms with Crippen molar-refractivity contribution < 1.29 is 14.3 Å². The Morgan fingerprint density at radius 3 is 2.07 bits per heavy atom. The predicted molar refractivity (Wildman–Crippen MR) is 58.3 cm³/mol. The van der Waals surface area contributed by atoms with E-state index in [4.69, 9.17) is 20.9 Å². The Balaban J connectivity index is 3.53. The van der Waals surface area contributed by atoms with Gasteiger partial charge in [-0.05, 0) is 27.7 Å². The topological polar surface area (TPSA) is 87.6 Å². The van der Waals surface area contributed by atoms with E-state index >= 15 is 0 Å². The van der Waals surface area contributed by atoms with Gasteiger partial charge in [-0.25, -0.2) is 0 Å². The lowest BCUT2D eigenvalue weighted by Crippen LogP contribution is -2.43. The Morgan fingerprint density at radius 1 is 1.13 bits per heavy atom. The molecular formula is C10H22N2O3. The van der Waals surface area contributed by atoms with E-state index in [0.717, 1.165) is 0 Å². The normalized spacial score (nSPS) is 12.7. The van der Waals surface area contributed by atoms with Gasteiger partial charge in [-0.1, -0.05) is 0 Å². The van der Waals surface area contributed by atoms with Gasteiger partial charge in [-0.3, -0.25) is 4.79 Å². The van der Waals surface area contributed by atoms with Gasteiger partial charge in [0.15, 0.2) is 0 Å². The number of hydrogen-bond donors (Lipinski definition) is 2. The molecule has 0 heterocycles.